The molecule has 0 fully saturated rings. The van der Waals surface area contributed by atoms with Gasteiger partial charge in [-0.3, -0.25) is 4.79 Å². The van der Waals surface area contributed by atoms with E-state index >= 15 is 0 Å². The zero-order valence-corrected chi connectivity index (χ0v) is 9.81. The SMILES string of the molecule is O=C(CCBr)c1cccc(O)c1CCl. The summed E-state index contributed by atoms with van der Waals surface area (Å²) in [5, 5.41) is 10.1. The largest absolute Gasteiger partial charge is 0.508 e. The Balaban J connectivity index is 3.07. The predicted molar refractivity (Wildman–Crippen MR) is 60.4 cm³/mol. The fraction of sp³-hybridized carbons (Fsp3) is 0.300. The van der Waals surface area contributed by atoms with Gasteiger partial charge in [0, 0.05) is 22.9 Å². The van der Waals surface area contributed by atoms with E-state index in [1.165, 1.54) is 6.07 Å². The van der Waals surface area contributed by atoms with Gasteiger partial charge in [-0.2, -0.15) is 0 Å². The minimum Gasteiger partial charge on any atom is -0.508 e. The van der Waals surface area contributed by atoms with E-state index in [0.29, 0.717) is 22.9 Å². The molecule has 1 rings (SSSR count). The molecule has 2 nitrogen and oxygen atoms in total. The molecule has 0 saturated heterocycles. The lowest BCUT2D eigenvalue weighted by Crippen LogP contribution is -2.03. The Morgan fingerprint density at radius 3 is 2.79 bits per heavy atom. The van der Waals surface area contributed by atoms with Gasteiger partial charge in [0.15, 0.2) is 5.78 Å². The molecule has 0 bridgehead atoms. The second kappa shape index (κ2) is 5.37. The number of alkyl halides is 2. The molecular weight excluding hydrogens is 267 g/mol. The number of hydrogen-bond donors (Lipinski definition) is 1. The first-order valence-electron chi connectivity index (χ1n) is 4.16. The van der Waals surface area contributed by atoms with Crippen LogP contribution in [0.5, 0.6) is 5.75 Å². The number of phenols is 1. The standard InChI is InChI=1S/C10H10BrClO2/c11-5-4-10(14)7-2-1-3-9(13)8(7)6-12/h1-3,13H,4-6H2. The van der Waals surface area contributed by atoms with Crippen LogP contribution in [0, 0.1) is 0 Å². The van der Waals surface area contributed by atoms with Crippen molar-refractivity contribution in [3.8, 4) is 5.75 Å². The molecule has 1 aromatic carbocycles. The fourth-order valence-corrected chi connectivity index (χ4v) is 1.84. The molecule has 0 atom stereocenters. The first kappa shape index (κ1) is 11.5. The molecule has 0 aliphatic heterocycles. The van der Waals surface area contributed by atoms with Crippen molar-refractivity contribution < 1.29 is 9.90 Å². The number of rotatable bonds is 4. The quantitative estimate of drug-likeness (QED) is 0.678. The number of hydrogen-bond acceptors (Lipinski definition) is 2. The third-order valence-corrected chi connectivity index (χ3v) is 2.57. The van der Waals surface area contributed by atoms with Crippen molar-refractivity contribution in [2.45, 2.75) is 12.3 Å². The Labute approximate surface area is 96.0 Å². The van der Waals surface area contributed by atoms with Gasteiger partial charge in [-0.15, -0.1) is 11.6 Å². The van der Waals surface area contributed by atoms with E-state index in [0.717, 1.165) is 0 Å². The van der Waals surface area contributed by atoms with Gasteiger partial charge in [-0.25, -0.2) is 0 Å². The van der Waals surface area contributed by atoms with Gasteiger partial charge in [0.25, 0.3) is 0 Å². The maximum absolute atomic E-state index is 11.6. The van der Waals surface area contributed by atoms with Gasteiger partial charge < -0.3 is 5.11 Å². The zero-order valence-electron chi connectivity index (χ0n) is 7.46. The average molecular weight is 278 g/mol. The van der Waals surface area contributed by atoms with E-state index in [4.69, 9.17) is 11.6 Å². The smallest absolute Gasteiger partial charge is 0.164 e. The summed E-state index contributed by atoms with van der Waals surface area (Å²) in [6.07, 6.45) is 0.410. The number of phenolic OH excluding ortho intramolecular Hbond substituents is 1. The molecule has 0 heterocycles. The minimum atomic E-state index is -0.00609. The summed E-state index contributed by atoms with van der Waals surface area (Å²) < 4.78 is 0. The Hall–Kier alpha value is -0.540. The van der Waals surface area contributed by atoms with Gasteiger partial charge in [-0.05, 0) is 6.07 Å². The van der Waals surface area contributed by atoms with E-state index in [1.54, 1.807) is 12.1 Å². The molecule has 14 heavy (non-hydrogen) atoms. The molecule has 0 aliphatic rings. The van der Waals surface area contributed by atoms with E-state index in [2.05, 4.69) is 15.9 Å². The topological polar surface area (TPSA) is 37.3 Å². The van der Waals surface area contributed by atoms with Gasteiger partial charge in [0.1, 0.15) is 5.75 Å². The normalized spacial score (nSPS) is 10.1. The van der Waals surface area contributed by atoms with Crippen LogP contribution in [0.2, 0.25) is 0 Å². The molecule has 0 unspecified atom stereocenters. The highest BCUT2D eigenvalue weighted by Crippen LogP contribution is 2.24. The summed E-state index contributed by atoms with van der Waals surface area (Å²) in [4.78, 5) is 11.6. The van der Waals surface area contributed by atoms with E-state index in [1.807, 2.05) is 0 Å². The second-order valence-corrected chi connectivity index (χ2v) is 3.86. The van der Waals surface area contributed by atoms with Crippen molar-refractivity contribution in [1.29, 1.82) is 0 Å². The highest BCUT2D eigenvalue weighted by molar-refractivity contribution is 9.09. The molecule has 0 saturated carbocycles. The molecule has 0 aliphatic carbocycles. The molecule has 1 N–H and O–H groups in total. The number of carbonyl (C=O) groups excluding carboxylic acids is 1. The van der Waals surface area contributed by atoms with Crippen LogP contribution in [0.25, 0.3) is 0 Å². The Morgan fingerprint density at radius 1 is 1.50 bits per heavy atom. The summed E-state index contributed by atoms with van der Waals surface area (Å²) in [5.41, 5.74) is 1.03. The van der Waals surface area contributed by atoms with Crippen LogP contribution in [-0.4, -0.2) is 16.2 Å². The van der Waals surface area contributed by atoms with Crippen molar-refractivity contribution in [2.75, 3.05) is 5.33 Å². The summed E-state index contributed by atoms with van der Waals surface area (Å²) >= 11 is 8.85. The van der Waals surface area contributed by atoms with Gasteiger partial charge in [0.2, 0.25) is 0 Å². The molecule has 0 spiro atoms. The lowest BCUT2D eigenvalue weighted by Gasteiger charge is -2.06. The van der Waals surface area contributed by atoms with Gasteiger partial charge in [-0.1, -0.05) is 28.1 Å². The van der Waals surface area contributed by atoms with Gasteiger partial charge in [0.05, 0.1) is 5.88 Å². The first-order valence-corrected chi connectivity index (χ1v) is 5.82. The van der Waals surface area contributed by atoms with Crippen molar-refractivity contribution in [3.63, 3.8) is 0 Å². The Kier molecular flexibility index (Phi) is 4.42. The maximum atomic E-state index is 11.6. The minimum absolute atomic E-state index is 0.00609. The van der Waals surface area contributed by atoms with E-state index in [-0.39, 0.29) is 17.4 Å². The van der Waals surface area contributed by atoms with Crippen LogP contribution in [0.15, 0.2) is 18.2 Å². The number of carbonyl (C=O) groups is 1. The van der Waals surface area contributed by atoms with E-state index < -0.39 is 0 Å². The van der Waals surface area contributed by atoms with Crippen molar-refractivity contribution in [2.24, 2.45) is 0 Å². The highest BCUT2D eigenvalue weighted by atomic mass is 79.9. The van der Waals surface area contributed by atoms with Crippen LogP contribution < -0.4 is 0 Å². The molecule has 0 aromatic heterocycles. The number of benzene rings is 1. The summed E-state index contributed by atoms with van der Waals surface area (Å²) in [6, 6.07) is 4.86. The molecule has 76 valence electrons. The Bertz CT molecular complexity index is 339. The van der Waals surface area contributed by atoms with Crippen LogP contribution in [0.4, 0.5) is 0 Å². The predicted octanol–water partition coefficient (Wildman–Crippen LogP) is 3.10. The third kappa shape index (κ3) is 2.49. The highest BCUT2D eigenvalue weighted by Gasteiger charge is 2.12. The molecular formula is C10H10BrClO2. The first-order chi connectivity index (χ1) is 6.70. The van der Waals surface area contributed by atoms with Gasteiger partial charge >= 0.3 is 0 Å². The van der Waals surface area contributed by atoms with Crippen LogP contribution in [-0.2, 0) is 5.88 Å². The van der Waals surface area contributed by atoms with Crippen molar-refractivity contribution in [3.05, 3.63) is 29.3 Å². The Morgan fingerprint density at radius 2 is 2.21 bits per heavy atom. The molecule has 4 heteroatoms. The van der Waals surface area contributed by atoms with Crippen LogP contribution in [0.1, 0.15) is 22.3 Å². The summed E-state index contributed by atoms with van der Waals surface area (Å²) in [7, 11) is 0. The lowest BCUT2D eigenvalue weighted by molar-refractivity contribution is 0.0988. The van der Waals surface area contributed by atoms with E-state index in [9.17, 15) is 9.90 Å². The number of ketones is 1. The lowest BCUT2D eigenvalue weighted by atomic mass is 10.0. The van der Waals surface area contributed by atoms with Crippen molar-refractivity contribution >= 4 is 33.3 Å². The second-order valence-electron chi connectivity index (χ2n) is 2.80. The number of Topliss-reactive ketones (excluding diaryl/α,β-unsaturated/α-hetero) is 1. The molecule has 1 aromatic rings. The van der Waals surface area contributed by atoms with Crippen molar-refractivity contribution in [1.82, 2.24) is 0 Å². The number of halogens is 2. The average Bonchev–Trinajstić information content (AvgIpc) is 2.17. The number of aromatic hydroxyl groups is 1. The third-order valence-electron chi connectivity index (χ3n) is 1.91. The zero-order chi connectivity index (χ0) is 10.6. The maximum Gasteiger partial charge on any atom is 0.164 e. The summed E-state index contributed by atoms with van der Waals surface area (Å²) in [6.45, 7) is 0. The monoisotopic (exact) mass is 276 g/mol. The molecule has 0 amide bonds. The molecule has 0 radical (unpaired) electrons. The van der Waals surface area contributed by atoms with Crippen LogP contribution in [0.3, 0.4) is 0 Å². The summed E-state index contributed by atoms with van der Waals surface area (Å²) in [5.74, 6) is 0.226. The van der Waals surface area contributed by atoms with Crippen LogP contribution >= 0.6 is 27.5 Å². The fourth-order valence-electron chi connectivity index (χ4n) is 1.20.